The third kappa shape index (κ3) is 4.80. The molecule has 8 heteroatoms. The van der Waals surface area contributed by atoms with Crippen molar-refractivity contribution in [2.45, 2.75) is 6.18 Å². The minimum atomic E-state index is -4.54. The van der Waals surface area contributed by atoms with Crippen LogP contribution in [-0.4, -0.2) is 29.9 Å². The summed E-state index contributed by atoms with van der Waals surface area (Å²) in [6.07, 6.45) is -3.68. The summed E-state index contributed by atoms with van der Waals surface area (Å²) in [6.45, 7) is 0.325. The van der Waals surface area contributed by atoms with E-state index in [0.29, 0.717) is 5.56 Å². The number of halogens is 3. The Morgan fingerprint density at radius 1 is 0.875 bits per heavy atom. The summed E-state index contributed by atoms with van der Waals surface area (Å²) < 4.78 is 37.1. The van der Waals surface area contributed by atoms with Gasteiger partial charge >= 0.3 is 6.18 Å². The number of pyridine rings is 1. The Kier molecular flexibility index (Phi) is 5.51. The van der Waals surface area contributed by atoms with Crippen molar-refractivity contribution in [2.75, 3.05) is 13.1 Å². The molecular weight excluding hydrogens is 323 g/mol. The lowest BCUT2D eigenvalue weighted by Crippen LogP contribution is -2.34. The van der Waals surface area contributed by atoms with E-state index in [0.717, 1.165) is 18.3 Å². The Morgan fingerprint density at radius 2 is 1.46 bits per heavy atom. The number of benzene rings is 1. The van der Waals surface area contributed by atoms with E-state index in [9.17, 15) is 22.8 Å². The third-order valence-electron chi connectivity index (χ3n) is 3.05. The van der Waals surface area contributed by atoms with Crippen LogP contribution in [0.1, 0.15) is 26.4 Å². The van der Waals surface area contributed by atoms with E-state index in [4.69, 9.17) is 0 Å². The molecule has 1 aromatic heterocycles. The number of nitrogens with one attached hydrogen (secondary N) is 2. The summed E-state index contributed by atoms with van der Waals surface area (Å²) >= 11 is 0. The molecule has 0 radical (unpaired) electrons. The third-order valence-corrected chi connectivity index (χ3v) is 3.05. The van der Waals surface area contributed by atoms with Crippen molar-refractivity contribution in [3.05, 3.63) is 65.5 Å². The van der Waals surface area contributed by atoms with Crippen molar-refractivity contribution in [3.63, 3.8) is 0 Å². The summed E-state index contributed by atoms with van der Waals surface area (Å²) in [5.41, 5.74) is -0.553. The highest BCUT2D eigenvalue weighted by Crippen LogP contribution is 2.27. The largest absolute Gasteiger partial charge is 0.433 e. The molecule has 2 N–H and O–H groups in total. The highest BCUT2D eigenvalue weighted by atomic mass is 19.4. The Balaban J connectivity index is 1.78. The van der Waals surface area contributed by atoms with Crippen LogP contribution in [0, 0.1) is 0 Å². The quantitative estimate of drug-likeness (QED) is 0.822. The maximum Gasteiger partial charge on any atom is 0.433 e. The van der Waals surface area contributed by atoms with E-state index >= 15 is 0 Å². The average molecular weight is 337 g/mol. The first kappa shape index (κ1) is 17.5. The number of alkyl halides is 3. The molecule has 0 fully saturated rings. The number of hydrogen-bond donors (Lipinski definition) is 2. The highest BCUT2D eigenvalue weighted by Gasteiger charge is 2.32. The zero-order valence-electron chi connectivity index (χ0n) is 12.4. The molecular formula is C16H14F3N3O2. The number of carbonyl (C=O) groups is 2. The zero-order valence-corrected chi connectivity index (χ0v) is 12.4. The second-order valence-electron chi connectivity index (χ2n) is 4.81. The van der Waals surface area contributed by atoms with E-state index in [1.165, 1.54) is 0 Å². The number of amides is 2. The van der Waals surface area contributed by atoms with Crippen LogP contribution in [0.25, 0.3) is 0 Å². The van der Waals surface area contributed by atoms with Crippen molar-refractivity contribution < 1.29 is 22.8 Å². The Labute approximate surface area is 135 Å². The van der Waals surface area contributed by atoms with E-state index in [-0.39, 0.29) is 24.6 Å². The topological polar surface area (TPSA) is 71.1 Å². The Morgan fingerprint density at radius 3 is 1.96 bits per heavy atom. The molecule has 0 saturated carbocycles. The molecule has 126 valence electrons. The summed E-state index contributed by atoms with van der Waals surface area (Å²) in [5, 5.41) is 5.11. The van der Waals surface area contributed by atoms with Crippen LogP contribution < -0.4 is 10.6 Å². The fraction of sp³-hybridized carbons (Fsp3) is 0.188. The van der Waals surface area contributed by atoms with Crippen molar-refractivity contribution in [1.82, 2.24) is 15.6 Å². The predicted molar refractivity (Wildman–Crippen MR) is 80.3 cm³/mol. The van der Waals surface area contributed by atoms with Crippen LogP contribution in [0.3, 0.4) is 0 Å². The van der Waals surface area contributed by atoms with Gasteiger partial charge in [0.2, 0.25) is 0 Å². The average Bonchev–Trinajstić information content (AvgIpc) is 2.58. The molecule has 1 heterocycles. The molecule has 0 aliphatic rings. The number of nitrogens with zero attached hydrogens (tertiary/aromatic N) is 1. The fourth-order valence-corrected chi connectivity index (χ4v) is 1.84. The van der Waals surface area contributed by atoms with Crippen LogP contribution >= 0.6 is 0 Å². The standard InChI is InChI=1S/C16H14F3N3O2/c17-16(18,19)13-7-6-12(10-22-13)15(24)21-9-8-20-14(23)11-4-2-1-3-5-11/h1-7,10H,8-9H2,(H,20,23)(H,21,24). The van der Waals surface area contributed by atoms with Gasteiger partial charge in [0, 0.05) is 24.8 Å². The lowest BCUT2D eigenvalue weighted by atomic mass is 10.2. The first-order valence-electron chi connectivity index (χ1n) is 7.02. The lowest BCUT2D eigenvalue weighted by molar-refractivity contribution is -0.141. The van der Waals surface area contributed by atoms with Crippen LogP contribution in [-0.2, 0) is 6.18 Å². The summed E-state index contributed by atoms with van der Waals surface area (Å²) in [5.74, 6) is -0.841. The zero-order chi connectivity index (χ0) is 17.6. The molecule has 0 bridgehead atoms. The monoisotopic (exact) mass is 337 g/mol. The van der Waals surface area contributed by atoms with E-state index < -0.39 is 17.8 Å². The van der Waals surface area contributed by atoms with Gasteiger partial charge in [0.1, 0.15) is 5.69 Å². The van der Waals surface area contributed by atoms with Gasteiger partial charge in [-0.3, -0.25) is 14.6 Å². The van der Waals surface area contributed by atoms with Crippen LogP contribution in [0.4, 0.5) is 13.2 Å². The van der Waals surface area contributed by atoms with E-state index in [1.807, 2.05) is 0 Å². The van der Waals surface area contributed by atoms with Gasteiger partial charge < -0.3 is 10.6 Å². The van der Waals surface area contributed by atoms with Gasteiger partial charge in [0.15, 0.2) is 0 Å². The second kappa shape index (κ2) is 7.58. The number of carbonyl (C=O) groups excluding carboxylic acids is 2. The van der Waals surface area contributed by atoms with Crippen molar-refractivity contribution >= 4 is 11.8 Å². The molecule has 0 atom stereocenters. The van der Waals surface area contributed by atoms with Crippen molar-refractivity contribution in [3.8, 4) is 0 Å². The van der Waals surface area contributed by atoms with Crippen molar-refractivity contribution in [2.24, 2.45) is 0 Å². The molecule has 24 heavy (non-hydrogen) atoms. The van der Waals surface area contributed by atoms with Gasteiger partial charge in [-0.1, -0.05) is 18.2 Å². The lowest BCUT2D eigenvalue weighted by Gasteiger charge is -2.08. The van der Waals surface area contributed by atoms with Gasteiger partial charge in [-0.05, 0) is 24.3 Å². The molecule has 0 spiro atoms. The van der Waals surface area contributed by atoms with Crippen LogP contribution in [0.2, 0.25) is 0 Å². The highest BCUT2D eigenvalue weighted by molar-refractivity contribution is 5.95. The molecule has 0 aliphatic carbocycles. The summed E-state index contributed by atoms with van der Waals surface area (Å²) in [7, 11) is 0. The van der Waals surface area contributed by atoms with Crippen LogP contribution in [0.15, 0.2) is 48.7 Å². The predicted octanol–water partition coefficient (Wildman–Crippen LogP) is 2.26. The molecule has 0 unspecified atom stereocenters. The molecule has 5 nitrogen and oxygen atoms in total. The molecule has 1 aromatic carbocycles. The van der Waals surface area contributed by atoms with Crippen LogP contribution in [0.5, 0.6) is 0 Å². The van der Waals surface area contributed by atoms with Gasteiger partial charge in [0.05, 0.1) is 5.56 Å². The van der Waals surface area contributed by atoms with Gasteiger partial charge in [-0.25, -0.2) is 0 Å². The van der Waals surface area contributed by atoms with Gasteiger partial charge in [-0.15, -0.1) is 0 Å². The summed E-state index contributed by atoms with van der Waals surface area (Å²) in [6, 6.07) is 10.3. The maximum atomic E-state index is 12.4. The maximum absolute atomic E-state index is 12.4. The van der Waals surface area contributed by atoms with Gasteiger partial charge in [0.25, 0.3) is 11.8 Å². The van der Waals surface area contributed by atoms with E-state index in [2.05, 4.69) is 15.6 Å². The number of rotatable bonds is 5. The second-order valence-corrected chi connectivity index (χ2v) is 4.81. The minimum Gasteiger partial charge on any atom is -0.350 e. The molecule has 2 aromatic rings. The molecule has 0 saturated heterocycles. The number of hydrogen-bond acceptors (Lipinski definition) is 3. The first-order chi connectivity index (χ1) is 11.4. The Hall–Kier alpha value is -2.90. The van der Waals surface area contributed by atoms with E-state index in [1.54, 1.807) is 30.3 Å². The van der Waals surface area contributed by atoms with Gasteiger partial charge in [-0.2, -0.15) is 13.2 Å². The number of aromatic nitrogens is 1. The van der Waals surface area contributed by atoms with Crippen molar-refractivity contribution in [1.29, 1.82) is 0 Å². The fourth-order valence-electron chi connectivity index (χ4n) is 1.84. The minimum absolute atomic E-state index is 0.0115. The normalized spacial score (nSPS) is 11.0. The Bertz CT molecular complexity index is 701. The molecule has 0 aliphatic heterocycles. The molecule has 2 amide bonds. The summed E-state index contributed by atoms with van der Waals surface area (Å²) in [4.78, 5) is 26.7. The first-order valence-corrected chi connectivity index (χ1v) is 7.02. The SMILES string of the molecule is O=C(NCCNC(=O)c1ccc(C(F)(F)F)nc1)c1ccccc1. The molecule has 2 rings (SSSR count). The smallest absolute Gasteiger partial charge is 0.350 e.